The molecule has 0 unspecified atom stereocenters. The Morgan fingerprint density at radius 1 is 1.24 bits per heavy atom. The molecule has 0 bridgehead atoms. The smallest absolute Gasteiger partial charge is 0.123 e. The fourth-order valence-corrected chi connectivity index (χ4v) is 3.32. The molecule has 108 valence electrons. The third-order valence-corrected chi connectivity index (χ3v) is 4.35. The van der Waals surface area contributed by atoms with Gasteiger partial charge in [0.1, 0.15) is 19.0 Å². The maximum Gasteiger partial charge on any atom is 0.123 e. The van der Waals surface area contributed by atoms with Gasteiger partial charge in [-0.25, -0.2) is 0 Å². The van der Waals surface area contributed by atoms with E-state index in [9.17, 15) is 0 Å². The molecule has 21 heavy (non-hydrogen) atoms. The number of para-hydroxylation sites is 1. The SMILES string of the molecule is OCC#Cc1ccc(CN2CCOc3ccccc3C2)s1. The molecule has 0 spiro atoms. The van der Waals surface area contributed by atoms with Gasteiger partial charge in [-0.3, -0.25) is 4.90 Å². The molecular formula is C17H17NO2S. The van der Waals surface area contributed by atoms with Crippen LogP contribution < -0.4 is 4.74 Å². The van der Waals surface area contributed by atoms with Crippen LogP contribution in [0.15, 0.2) is 36.4 Å². The first-order valence-corrected chi connectivity index (χ1v) is 7.78. The maximum absolute atomic E-state index is 8.73. The van der Waals surface area contributed by atoms with Gasteiger partial charge in [0.15, 0.2) is 0 Å². The average Bonchev–Trinajstić information content (AvgIpc) is 2.83. The minimum atomic E-state index is -0.0898. The van der Waals surface area contributed by atoms with Crippen molar-refractivity contribution in [1.29, 1.82) is 0 Å². The van der Waals surface area contributed by atoms with E-state index in [1.165, 1.54) is 10.4 Å². The Bertz CT molecular complexity index is 669. The third kappa shape index (κ3) is 3.64. The molecule has 0 atom stereocenters. The molecule has 2 aromatic rings. The maximum atomic E-state index is 8.73. The van der Waals surface area contributed by atoms with Crippen molar-refractivity contribution < 1.29 is 9.84 Å². The normalized spacial score (nSPS) is 14.5. The molecule has 3 rings (SSSR count). The molecule has 1 aromatic carbocycles. The lowest BCUT2D eigenvalue weighted by atomic mass is 10.2. The van der Waals surface area contributed by atoms with Crippen LogP contribution in [0.25, 0.3) is 0 Å². The van der Waals surface area contributed by atoms with Crippen LogP contribution in [0.2, 0.25) is 0 Å². The number of rotatable bonds is 2. The zero-order valence-corrected chi connectivity index (χ0v) is 12.5. The van der Waals surface area contributed by atoms with E-state index in [0.29, 0.717) is 0 Å². The van der Waals surface area contributed by atoms with E-state index in [4.69, 9.17) is 9.84 Å². The van der Waals surface area contributed by atoms with Crippen LogP contribution in [0.4, 0.5) is 0 Å². The lowest BCUT2D eigenvalue weighted by Crippen LogP contribution is -2.24. The van der Waals surface area contributed by atoms with Gasteiger partial charge in [-0.2, -0.15) is 0 Å². The first-order valence-electron chi connectivity index (χ1n) is 6.96. The average molecular weight is 299 g/mol. The summed E-state index contributed by atoms with van der Waals surface area (Å²) in [5.41, 5.74) is 1.24. The molecule has 0 aliphatic carbocycles. The Morgan fingerprint density at radius 3 is 3.05 bits per heavy atom. The van der Waals surface area contributed by atoms with Crippen molar-refractivity contribution in [2.45, 2.75) is 13.1 Å². The van der Waals surface area contributed by atoms with E-state index < -0.39 is 0 Å². The highest BCUT2D eigenvalue weighted by atomic mass is 32.1. The summed E-state index contributed by atoms with van der Waals surface area (Å²) in [6, 6.07) is 12.4. The van der Waals surface area contributed by atoms with Crippen molar-refractivity contribution in [1.82, 2.24) is 4.90 Å². The summed E-state index contributed by atoms with van der Waals surface area (Å²) in [6.07, 6.45) is 0. The van der Waals surface area contributed by atoms with Gasteiger partial charge in [-0.15, -0.1) is 11.3 Å². The molecule has 0 fully saturated rings. The standard InChI is InChI=1S/C17H17NO2S/c19-10-3-5-15-7-8-16(21-15)13-18-9-11-20-17-6-2-1-4-14(17)12-18/h1-2,4,6-8,19H,9-13H2. The van der Waals surface area contributed by atoms with Gasteiger partial charge in [0.05, 0.1) is 4.88 Å². The minimum absolute atomic E-state index is 0.0898. The molecule has 1 aromatic heterocycles. The number of fused-ring (bicyclic) bond motifs is 1. The highest BCUT2D eigenvalue weighted by Crippen LogP contribution is 2.24. The molecule has 0 saturated heterocycles. The monoisotopic (exact) mass is 299 g/mol. The summed E-state index contributed by atoms with van der Waals surface area (Å²) in [7, 11) is 0. The number of aliphatic hydroxyl groups is 1. The Kier molecular flexibility index (Phi) is 4.56. The molecule has 0 saturated carbocycles. The number of hydrogen-bond acceptors (Lipinski definition) is 4. The van der Waals surface area contributed by atoms with Crippen LogP contribution in [0.3, 0.4) is 0 Å². The minimum Gasteiger partial charge on any atom is -0.492 e. The summed E-state index contributed by atoms with van der Waals surface area (Å²) < 4.78 is 5.79. The molecule has 1 aliphatic heterocycles. The highest BCUT2D eigenvalue weighted by molar-refractivity contribution is 7.12. The number of ether oxygens (including phenoxy) is 1. The van der Waals surface area contributed by atoms with Gasteiger partial charge in [-0.05, 0) is 18.2 Å². The molecule has 1 aliphatic rings. The predicted octanol–water partition coefficient (Wildman–Crippen LogP) is 2.49. The molecule has 0 amide bonds. The van der Waals surface area contributed by atoms with Crippen LogP contribution in [-0.2, 0) is 13.1 Å². The summed E-state index contributed by atoms with van der Waals surface area (Å²) in [6.45, 7) is 3.37. The topological polar surface area (TPSA) is 32.7 Å². The van der Waals surface area contributed by atoms with Crippen LogP contribution in [0.5, 0.6) is 5.75 Å². The van der Waals surface area contributed by atoms with Gasteiger partial charge in [0.25, 0.3) is 0 Å². The Balaban J connectivity index is 1.69. The summed E-state index contributed by atoms with van der Waals surface area (Å²) in [4.78, 5) is 4.68. The zero-order valence-electron chi connectivity index (χ0n) is 11.7. The number of nitrogens with zero attached hydrogens (tertiary/aromatic N) is 1. The van der Waals surface area contributed by atoms with Crippen molar-refractivity contribution in [2.24, 2.45) is 0 Å². The van der Waals surface area contributed by atoms with Gasteiger partial charge >= 0.3 is 0 Å². The van der Waals surface area contributed by atoms with Crippen molar-refractivity contribution in [3.63, 3.8) is 0 Å². The largest absolute Gasteiger partial charge is 0.492 e. The van der Waals surface area contributed by atoms with Crippen LogP contribution in [0, 0.1) is 11.8 Å². The van der Waals surface area contributed by atoms with Crippen LogP contribution in [0.1, 0.15) is 15.3 Å². The van der Waals surface area contributed by atoms with Crippen molar-refractivity contribution in [3.05, 3.63) is 51.7 Å². The molecular weight excluding hydrogens is 282 g/mol. The molecule has 0 radical (unpaired) electrons. The third-order valence-electron chi connectivity index (χ3n) is 3.36. The van der Waals surface area contributed by atoms with E-state index in [1.54, 1.807) is 11.3 Å². The Hall–Kier alpha value is -1.80. The lowest BCUT2D eigenvalue weighted by Gasteiger charge is -2.18. The Morgan fingerprint density at radius 2 is 2.14 bits per heavy atom. The van der Waals surface area contributed by atoms with Crippen molar-refractivity contribution in [2.75, 3.05) is 19.8 Å². The van der Waals surface area contributed by atoms with Gasteiger partial charge in [0.2, 0.25) is 0 Å². The second kappa shape index (κ2) is 6.77. The fraction of sp³-hybridized carbons (Fsp3) is 0.294. The second-order valence-electron chi connectivity index (χ2n) is 4.89. The molecule has 3 nitrogen and oxygen atoms in total. The predicted molar refractivity (Wildman–Crippen MR) is 84.3 cm³/mol. The summed E-state index contributed by atoms with van der Waals surface area (Å²) >= 11 is 1.69. The zero-order chi connectivity index (χ0) is 14.5. The first-order chi connectivity index (χ1) is 10.3. The number of thiophene rings is 1. The molecule has 1 N–H and O–H groups in total. The Labute approximate surface area is 128 Å². The molecule has 4 heteroatoms. The second-order valence-corrected chi connectivity index (χ2v) is 6.06. The fourth-order valence-electron chi connectivity index (χ4n) is 2.39. The van der Waals surface area contributed by atoms with E-state index in [2.05, 4.69) is 34.9 Å². The quantitative estimate of drug-likeness (QED) is 0.865. The van der Waals surface area contributed by atoms with Gasteiger partial charge in [-0.1, -0.05) is 30.0 Å². The van der Waals surface area contributed by atoms with Crippen LogP contribution in [-0.4, -0.2) is 29.8 Å². The number of benzene rings is 1. The van der Waals surface area contributed by atoms with Crippen LogP contribution >= 0.6 is 11.3 Å². The summed E-state index contributed by atoms with van der Waals surface area (Å²) in [5, 5.41) is 8.73. The van der Waals surface area contributed by atoms with E-state index in [-0.39, 0.29) is 6.61 Å². The number of hydrogen-bond donors (Lipinski definition) is 1. The highest BCUT2D eigenvalue weighted by Gasteiger charge is 2.15. The van der Waals surface area contributed by atoms with E-state index >= 15 is 0 Å². The van der Waals surface area contributed by atoms with E-state index in [0.717, 1.165) is 36.9 Å². The number of aliphatic hydroxyl groups excluding tert-OH is 1. The molecule has 2 heterocycles. The summed E-state index contributed by atoms with van der Waals surface area (Å²) in [5.74, 6) is 6.64. The van der Waals surface area contributed by atoms with Crippen molar-refractivity contribution in [3.8, 4) is 17.6 Å². The van der Waals surface area contributed by atoms with Gasteiger partial charge in [0, 0.05) is 30.1 Å². The van der Waals surface area contributed by atoms with Crippen molar-refractivity contribution >= 4 is 11.3 Å². The first kappa shape index (κ1) is 14.2. The van der Waals surface area contributed by atoms with Gasteiger partial charge < -0.3 is 9.84 Å². The lowest BCUT2D eigenvalue weighted by molar-refractivity contribution is 0.221. The van der Waals surface area contributed by atoms with E-state index in [1.807, 2.05) is 18.2 Å².